The maximum Gasteiger partial charge on any atom is 0.347 e. The minimum absolute atomic E-state index is 0.154. The Bertz CT molecular complexity index is 899. The average molecular weight is 340 g/mol. The van der Waals surface area contributed by atoms with Crippen molar-refractivity contribution in [1.29, 1.82) is 0 Å². The number of aromatic amines is 1. The molecule has 132 valence electrons. The van der Waals surface area contributed by atoms with Gasteiger partial charge in [0.2, 0.25) is 0 Å². The van der Waals surface area contributed by atoms with Crippen LogP contribution in [0.2, 0.25) is 0 Å². The van der Waals surface area contributed by atoms with Crippen LogP contribution in [0.15, 0.2) is 46.0 Å². The third kappa shape index (κ3) is 2.91. The fourth-order valence-corrected chi connectivity index (χ4v) is 4.04. The minimum Gasteiger partial charge on any atom is -0.304 e. The van der Waals surface area contributed by atoms with E-state index in [4.69, 9.17) is 0 Å². The number of aromatic nitrogens is 3. The molecule has 1 aromatic heterocycles. The zero-order valence-corrected chi connectivity index (χ0v) is 14.4. The van der Waals surface area contributed by atoms with Gasteiger partial charge in [-0.3, -0.25) is 0 Å². The summed E-state index contributed by atoms with van der Waals surface area (Å²) in [6.07, 6.45) is 10.5. The van der Waals surface area contributed by atoms with Gasteiger partial charge in [-0.15, -0.1) is 0 Å². The van der Waals surface area contributed by atoms with Gasteiger partial charge in [-0.2, -0.15) is 0 Å². The molecule has 0 bridgehead atoms. The summed E-state index contributed by atoms with van der Waals surface area (Å²) >= 11 is 0. The molecule has 2 aliphatic carbocycles. The van der Waals surface area contributed by atoms with Gasteiger partial charge in [-0.25, -0.2) is 23.9 Å². The van der Waals surface area contributed by atoms with Gasteiger partial charge in [0.05, 0.1) is 12.1 Å². The maximum atomic E-state index is 12.3. The normalized spacial score (nSPS) is 23.6. The molecule has 2 N–H and O–H groups in total. The number of allylic oxidation sites excluding steroid dienone is 1. The summed E-state index contributed by atoms with van der Waals surface area (Å²) in [4.78, 5) is 24.1. The highest BCUT2D eigenvalue weighted by atomic mass is 16.2. The number of nitrogens with zero attached hydrogens (tertiary/aromatic N) is 2. The molecule has 0 saturated heterocycles. The molecule has 0 unspecified atom stereocenters. The molecule has 2 atom stereocenters. The van der Waals surface area contributed by atoms with Gasteiger partial charge >= 0.3 is 11.4 Å². The SMILES string of the molecule is Cn1c(=O)[nH]n([C@@H]2C=C[C@H](NC3CCCCC3)c3ccccc32)c1=O. The van der Waals surface area contributed by atoms with Gasteiger partial charge in [0.1, 0.15) is 0 Å². The van der Waals surface area contributed by atoms with Crippen LogP contribution in [0, 0.1) is 0 Å². The number of hydrogen-bond donors (Lipinski definition) is 2. The predicted octanol–water partition coefficient (Wildman–Crippen LogP) is 2.00. The van der Waals surface area contributed by atoms with E-state index in [-0.39, 0.29) is 17.8 Å². The summed E-state index contributed by atoms with van der Waals surface area (Å²) in [7, 11) is 1.49. The van der Waals surface area contributed by atoms with Crippen LogP contribution in [0.5, 0.6) is 0 Å². The van der Waals surface area contributed by atoms with E-state index in [9.17, 15) is 9.59 Å². The lowest BCUT2D eigenvalue weighted by molar-refractivity contribution is 0.354. The van der Waals surface area contributed by atoms with Crippen LogP contribution < -0.4 is 16.7 Å². The monoisotopic (exact) mass is 340 g/mol. The Morgan fingerprint density at radius 1 is 1.04 bits per heavy atom. The molecule has 0 amide bonds. The van der Waals surface area contributed by atoms with Crippen LogP contribution in [-0.2, 0) is 7.05 Å². The van der Waals surface area contributed by atoms with Crippen LogP contribution in [0.3, 0.4) is 0 Å². The smallest absolute Gasteiger partial charge is 0.304 e. The van der Waals surface area contributed by atoms with E-state index < -0.39 is 5.69 Å². The average Bonchev–Trinajstić information content (AvgIpc) is 2.90. The molecule has 4 rings (SSSR count). The minimum atomic E-state index is -0.390. The molecule has 25 heavy (non-hydrogen) atoms. The Labute approximate surface area is 146 Å². The molecule has 2 aliphatic rings. The van der Waals surface area contributed by atoms with E-state index in [1.54, 1.807) is 0 Å². The number of nitrogens with one attached hydrogen (secondary N) is 2. The number of fused-ring (bicyclic) bond motifs is 1. The standard InChI is InChI=1S/C19H24N4O2/c1-22-18(24)21-23(19(22)25)17-12-11-16(14-9-5-6-10-15(14)17)20-13-7-3-2-4-8-13/h5-6,9-13,16-17,20H,2-4,7-8H2,1H3,(H,21,24)/t16-,17+/m0/s1. The van der Waals surface area contributed by atoms with Gasteiger partial charge in [0.15, 0.2) is 0 Å². The van der Waals surface area contributed by atoms with Crippen LogP contribution >= 0.6 is 0 Å². The number of hydrogen-bond acceptors (Lipinski definition) is 3. The fraction of sp³-hybridized carbons (Fsp3) is 0.474. The maximum absolute atomic E-state index is 12.3. The van der Waals surface area contributed by atoms with Crippen molar-refractivity contribution in [2.45, 2.75) is 50.2 Å². The van der Waals surface area contributed by atoms with Crippen molar-refractivity contribution < 1.29 is 0 Å². The summed E-state index contributed by atoms with van der Waals surface area (Å²) in [5.41, 5.74) is 1.52. The molecule has 1 heterocycles. The Hall–Kier alpha value is -2.34. The molecule has 0 radical (unpaired) electrons. The summed E-state index contributed by atoms with van der Waals surface area (Å²) in [5, 5.41) is 6.43. The van der Waals surface area contributed by atoms with Crippen LogP contribution in [0.1, 0.15) is 55.3 Å². The molecule has 1 saturated carbocycles. The Morgan fingerprint density at radius 2 is 1.76 bits per heavy atom. The highest BCUT2D eigenvalue weighted by molar-refractivity contribution is 5.41. The second-order valence-electron chi connectivity index (χ2n) is 7.07. The van der Waals surface area contributed by atoms with Gasteiger partial charge in [0, 0.05) is 13.1 Å². The van der Waals surface area contributed by atoms with E-state index in [1.165, 1.54) is 49.4 Å². The van der Waals surface area contributed by atoms with E-state index in [2.05, 4.69) is 22.6 Å². The summed E-state index contributed by atoms with van der Waals surface area (Å²) in [6, 6.07) is 8.58. The molecule has 0 spiro atoms. The quantitative estimate of drug-likeness (QED) is 0.840. The van der Waals surface area contributed by atoms with Gasteiger partial charge in [-0.1, -0.05) is 55.7 Å². The summed E-state index contributed by atoms with van der Waals surface area (Å²) < 4.78 is 2.51. The fourth-order valence-electron chi connectivity index (χ4n) is 4.04. The van der Waals surface area contributed by atoms with Gasteiger partial charge in [0.25, 0.3) is 0 Å². The first-order valence-electron chi connectivity index (χ1n) is 9.06. The molecule has 2 aromatic rings. The van der Waals surface area contributed by atoms with E-state index in [0.29, 0.717) is 6.04 Å². The number of rotatable bonds is 3. The Kier molecular flexibility index (Phi) is 4.21. The molecule has 1 fully saturated rings. The second-order valence-corrected chi connectivity index (χ2v) is 7.07. The Balaban J connectivity index is 1.69. The zero-order valence-electron chi connectivity index (χ0n) is 14.4. The Morgan fingerprint density at radius 3 is 2.44 bits per heavy atom. The highest BCUT2D eigenvalue weighted by Gasteiger charge is 2.27. The van der Waals surface area contributed by atoms with Crippen molar-refractivity contribution >= 4 is 0 Å². The third-order valence-corrected chi connectivity index (χ3v) is 5.45. The largest absolute Gasteiger partial charge is 0.347 e. The van der Waals surface area contributed by atoms with E-state index >= 15 is 0 Å². The van der Waals surface area contributed by atoms with E-state index in [0.717, 1.165) is 10.1 Å². The number of H-pyrrole nitrogens is 1. The lowest BCUT2D eigenvalue weighted by Gasteiger charge is -2.32. The van der Waals surface area contributed by atoms with Crippen molar-refractivity contribution in [3.05, 3.63) is 68.5 Å². The molecule has 1 aromatic carbocycles. The van der Waals surface area contributed by atoms with Crippen molar-refractivity contribution in [3.8, 4) is 0 Å². The molecular formula is C19H24N4O2. The van der Waals surface area contributed by atoms with Gasteiger partial charge in [-0.05, 0) is 24.0 Å². The molecule has 6 nitrogen and oxygen atoms in total. The first-order valence-corrected chi connectivity index (χ1v) is 9.06. The van der Waals surface area contributed by atoms with E-state index in [1.807, 2.05) is 24.3 Å². The molecule has 6 heteroatoms. The lowest BCUT2D eigenvalue weighted by atomic mass is 9.87. The lowest BCUT2D eigenvalue weighted by Crippen LogP contribution is -2.36. The zero-order chi connectivity index (χ0) is 17.4. The third-order valence-electron chi connectivity index (χ3n) is 5.45. The molecular weight excluding hydrogens is 316 g/mol. The number of benzene rings is 1. The van der Waals surface area contributed by atoms with Crippen molar-refractivity contribution in [1.82, 2.24) is 19.7 Å². The first kappa shape index (κ1) is 16.1. The summed E-state index contributed by atoms with van der Waals surface area (Å²) in [5.74, 6) is 0. The summed E-state index contributed by atoms with van der Waals surface area (Å²) in [6.45, 7) is 0. The topological polar surface area (TPSA) is 71.8 Å². The predicted molar refractivity (Wildman–Crippen MR) is 96.8 cm³/mol. The van der Waals surface area contributed by atoms with Crippen LogP contribution in [-0.4, -0.2) is 20.4 Å². The first-order chi connectivity index (χ1) is 12.1. The van der Waals surface area contributed by atoms with Crippen molar-refractivity contribution in [2.24, 2.45) is 7.05 Å². The highest BCUT2D eigenvalue weighted by Crippen LogP contribution is 2.33. The molecule has 0 aliphatic heterocycles. The van der Waals surface area contributed by atoms with Crippen molar-refractivity contribution in [3.63, 3.8) is 0 Å². The second kappa shape index (κ2) is 6.52. The van der Waals surface area contributed by atoms with Crippen molar-refractivity contribution in [2.75, 3.05) is 0 Å². The van der Waals surface area contributed by atoms with Crippen LogP contribution in [0.25, 0.3) is 0 Å². The van der Waals surface area contributed by atoms with Gasteiger partial charge < -0.3 is 5.32 Å². The van der Waals surface area contributed by atoms with Crippen LogP contribution in [0.4, 0.5) is 0 Å².